The number of ether oxygens (including phenoxy) is 1. The maximum absolute atomic E-state index is 12.2. The number of hydrogen-bond acceptors (Lipinski definition) is 3. The maximum atomic E-state index is 12.2. The second-order valence-electron chi connectivity index (χ2n) is 5.79. The summed E-state index contributed by atoms with van der Waals surface area (Å²) in [4.78, 5) is 14.2. The molecule has 0 aromatic carbocycles. The van der Waals surface area contributed by atoms with Gasteiger partial charge in [0.15, 0.2) is 0 Å². The molecule has 1 aliphatic rings. The molecule has 1 atom stereocenters. The highest BCUT2D eigenvalue weighted by Gasteiger charge is 2.26. The topological polar surface area (TPSA) is 41.6 Å². The van der Waals surface area contributed by atoms with E-state index in [0.717, 1.165) is 26.2 Å². The van der Waals surface area contributed by atoms with Crippen molar-refractivity contribution in [2.24, 2.45) is 5.92 Å². The van der Waals surface area contributed by atoms with Crippen LogP contribution in [-0.4, -0.2) is 49.7 Å². The quantitative estimate of drug-likeness (QED) is 0.785. The zero-order valence-electron chi connectivity index (χ0n) is 12.3. The fourth-order valence-corrected chi connectivity index (χ4v) is 2.35. The summed E-state index contributed by atoms with van der Waals surface area (Å²) in [5, 5.41) is 3.40. The summed E-state index contributed by atoms with van der Waals surface area (Å²) in [6.45, 7) is 9.79. The third-order valence-corrected chi connectivity index (χ3v) is 3.74. The van der Waals surface area contributed by atoms with Crippen LogP contribution >= 0.6 is 0 Å². The second-order valence-corrected chi connectivity index (χ2v) is 5.79. The van der Waals surface area contributed by atoms with Gasteiger partial charge in [-0.15, -0.1) is 0 Å². The van der Waals surface area contributed by atoms with Gasteiger partial charge >= 0.3 is 0 Å². The number of rotatable bonds is 6. The number of nitrogens with zero attached hydrogens (tertiary/aromatic N) is 1. The Morgan fingerprint density at radius 1 is 1.50 bits per heavy atom. The average Bonchev–Trinajstić information content (AvgIpc) is 2.36. The smallest absolute Gasteiger partial charge is 0.225 e. The van der Waals surface area contributed by atoms with Crippen LogP contribution in [-0.2, 0) is 9.53 Å². The van der Waals surface area contributed by atoms with Gasteiger partial charge in [-0.3, -0.25) is 4.79 Å². The molecule has 106 valence electrons. The Labute approximate surface area is 111 Å². The van der Waals surface area contributed by atoms with Gasteiger partial charge in [-0.25, -0.2) is 0 Å². The van der Waals surface area contributed by atoms with Crippen molar-refractivity contribution in [2.75, 3.05) is 33.3 Å². The molecule has 0 spiro atoms. The second kappa shape index (κ2) is 7.10. The van der Waals surface area contributed by atoms with E-state index in [0.29, 0.717) is 12.3 Å². The Kier molecular flexibility index (Phi) is 6.09. The van der Waals surface area contributed by atoms with Crippen molar-refractivity contribution in [1.82, 2.24) is 10.2 Å². The fourth-order valence-electron chi connectivity index (χ4n) is 2.35. The van der Waals surface area contributed by atoms with Gasteiger partial charge in [0.1, 0.15) is 0 Å². The number of methoxy groups -OCH3 is 1. The summed E-state index contributed by atoms with van der Waals surface area (Å²) >= 11 is 0. The van der Waals surface area contributed by atoms with E-state index < -0.39 is 0 Å². The van der Waals surface area contributed by atoms with Gasteiger partial charge in [0.05, 0.1) is 12.0 Å². The highest BCUT2D eigenvalue weighted by atomic mass is 16.5. The van der Waals surface area contributed by atoms with Gasteiger partial charge in [-0.05, 0) is 52.6 Å². The number of piperidine rings is 1. The van der Waals surface area contributed by atoms with Gasteiger partial charge < -0.3 is 15.0 Å². The van der Waals surface area contributed by atoms with Crippen molar-refractivity contribution in [3.63, 3.8) is 0 Å². The summed E-state index contributed by atoms with van der Waals surface area (Å²) in [6.07, 6.45) is 2.90. The maximum Gasteiger partial charge on any atom is 0.225 e. The van der Waals surface area contributed by atoms with Crippen LogP contribution < -0.4 is 5.32 Å². The summed E-state index contributed by atoms with van der Waals surface area (Å²) in [5.41, 5.74) is -0.366. The third kappa shape index (κ3) is 4.94. The summed E-state index contributed by atoms with van der Waals surface area (Å²) < 4.78 is 5.33. The molecule has 1 N–H and O–H groups in total. The lowest BCUT2D eigenvalue weighted by molar-refractivity contribution is -0.137. The lowest BCUT2D eigenvalue weighted by Crippen LogP contribution is -2.43. The predicted octanol–water partition coefficient (Wildman–Crippen LogP) is 1.65. The molecular formula is C14H28N2O2. The van der Waals surface area contributed by atoms with Gasteiger partial charge in [0, 0.05) is 20.2 Å². The molecule has 0 aromatic heterocycles. The first-order valence-electron chi connectivity index (χ1n) is 7.02. The van der Waals surface area contributed by atoms with Crippen LogP contribution in [0.25, 0.3) is 0 Å². The molecule has 1 unspecified atom stereocenters. The van der Waals surface area contributed by atoms with Crippen LogP contribution in [0.15, 0.2) is 0 Å². The van der Waals surface area contributed by atoms with Crippen molar-refractivity contribution >= 4 is 5.91 Å². The molecule has 0 radical (unpaired) electrons. The molecule has 0 aromatic rings. The zero-order chi connectivity index (χ0) is 13.6. The number of carbonyl (C=O) groups is 1. The number of carbonyl (C=O) groups excluding carboxylic acids is 1. The summed E-state index contributed by atoms with van der Waals surface area (Å²) in [6, 6.07) is 0. The monoisotopic (exact) mass is 256 g/mol. The minimum Gasteiger partial charge on any atom is -0.378 e. The molecule has 0 saturated carbocycles. The van der Waals surface area contributed by atoms with Crippen LogP contribution in [0.1, 0.15) is 40.0 Å². The molecule has 1 saturated heterocycles. The van der Waals surface area contributed by atoms with E-state index in [9.17, 15) is 4.79 Å². The van der Waals surface area contributed by atoms with Crippen molar-refractivity contribution in [3.8, 4) is 0 Å². The Balaban J connectivity index is 2.46. The molecule has 4 nitrogen and oxygen atoms in total. The first-order valence-corrected chi connectivity index (χ1v) is 7.02. The van der Waals surface area contributed by atoms with E-state index in [1.165, 1.54) is 12.8 Å². The van der Waals surface area contributed by atoms with Gasteiger partial charge in [0.25, 0.3) is 0 Å². The molecule has 0 bridgehead atoms. The largest absolute Gasteiger partial charge is 0.378 e. The van der Waals surface area contributed by atoms with Crippen LogP contribution in [0.3, 0.4) is 0 Å². The highest BCUT2D eigenvalue weighted by Crippen LogP contribution is 2.17. The van der Waals surface area contributed by atoms with E-state index in [4.69, 9.17) is 4.74 Å². The normalized spacial score (nSPS) is 20.8. The lowest BCUT2D eigenvalue weighted by atomic mass is 9.98. The summed E-state index contributed by atoms with van der Waals surface area (Å²) in [5.74, 6) is 0.809. The molecule has 0 aliphatic carbocycles. The molecule has 1 rings (SSSR count). The molecule has 4 heteroatoms. The molecule has 1 aliphatic heterocycles. The van der Waals surface area contributed by atoms with Crippen LogP contribution in [0.2, 0.25) is 0 Å². The van der Waals surface area contributed by atoms with Crippen LogP contribution in [0.5, 0.6) is 0 Å². The van der Waals surface area contributed by atoms with Gasteiger partial charge in [-0.2, -0.15) is 0 Å². The fraction of sp³-hybridized carbons (Fsp3) is 0.929. The molecule has 18 heavy (non-hydrogen) atoms. The number of nitrogens with one attached hydrogen (secondary N) is 1. The molecular weight excluding hydrogens is 228 g/mol. The zero-order valence-corrected chi connectivity index (χ0v) is 12.3. The third-order valence-electron chi connectivity index (χ3n) is 3.74. The molecule has 1 amide bonds. The van der Waals surface area contributed by atoms with E-state index >= 15 is 0 Å². The number of amides is 1. The Morgan fingerprint density at radius 2 is 2.22 bits per heavy atom. The Bertz CT molecular complexity index is 261. The van der Waals surface area contributed by atoms with Crippen molar-refractivity contribution < 1.29 is 9.53 Å². The van der Waals surface area contributed by atoms with E-state index in [1.807, 2.05) is 25.7 Å². The van der Waals surface area contributed by atoms with Crippen LogP contribution in [0, 0.1) is 5.92 Å². The van der Waals surface area contributed by atoms with Crippen LogP contribution in [0.4, 0.5) is 0 Å². The number of hydrogen-bond donors (Lipinski definition) is 1. The molecule has 1 heterocycles. The van der Waals surface area contributed by atoms with Crippen molar-refractivity contribution in [2.45, 2.75) is 45.6 Å². The Hall–Kier alpha value is -0.610. The SMILES string of the molecule is CCN(CC1CCCNC1)C(=O)CC(C)(C)OC. The lowest BCUT2D eigenvalue weighted by Gasteiger charge is -2.32. The standard InChI is InChI=1S/C14H28N2O2/c1-5-16(11-12-7-6-8-15-10-12)13(17)9-14(2,3)18-4/h12,15H,5-11H2,1-4H3. The first kappa shape index (κ1) is 15.4. The van der Waals surface area contributed by atoms with E-state index in [-0.39, 0.29) is 11.5 Å². The van der Waals surface area contributed by atoms with Gasteiger partial charge in [-0.1, -0.05) is 0 Å². The van der Waals surface area contributed by atoms with Gasteiger partial charge in [0.2, 0.25) is 5.91 Å². The first-order chi connectivity index (χ1) is 8.48. The Morgan fingerprint density at radius 3 is 2.72 bits per heavy atom. The van der Waals surface area contributed by atoms with Crippen molar-refractivity contribution in [1.29, 1.82) is 0 Å². The minimum atomic E-state index is -0.366. The minimum absolute atomic E-state index is 0.204. The van der Waals surface area contributed by atoms with E-state index in [1.54, 1.807) is 7.11 Å². The van der Waals surface area contributed by atoms with E-state index in [2.05, 4.69) is 5.32 Å². The van der Waals surface area contributed by atoms with Crippen molar-refractivity contribution in [3.05, 3.63) is 0 Å². The molecule has 1 fully saturated rings. The predicted molar refractivity (Wildman–Crippen MR) is 73.6 cm³/mol. The summed E-state index contributed by atoms with van der Waals surface area (Å²) in [7, 11) is 1.66. The highest BCUT2D eigenvalue weighted by molar-refractivity contribution is 5.77. The average molecular weight is 256 g/mol.